The molecule has 1 aliphatic rings. The molecule has 14 heavy (non-hydrogen) atoms. The maximum atomic E-state index is 11.8. The summed E-state index contributed by atoms with van der Waals surface area (Å²) in [5.41, 5.74) is 2.26. The Labute approximate surface area is 86.6 Å². The number of benzene rings is 1. The minimum atomic E-state index is -0.0510. The molecule has 0 saturated carbocycles. The number of fused-ring (bicyclic) bond motifs is 1. The number of thioether (sulfide) groups is 1. The first-order valence-corrected chi connectivity index (χ1v) is 5.32. The van der Waals surface area contributed by atoms with Crippen LogP contribution in [0.1, 0.15) is 15.9 Å². The predicted molar refractivity (Wildman–Crippen MR) is 56.9 cm³/mol. The number of aryl methyl sites for hydroxylation is 1. The lowest BCUT2D eigenvalue weighted by molar-refractivity contribution is 0.102. The summed E-state index contributed by atoms with van der Waals surface area (Å²) in [6.45, 7) is 1.95. The molecule has 2 rings (SSSR count). The molecule has 0 fully saturated rings. The zero-order valence-corrected chi connectivity index (χ0v) is 8.60. The van der Waals surface area contributed by atoms with Gasteiger partial charge < -0.3 is 5.11 Å². The van der Waals surface area contributed by atoms with Gasteiger partial charge >= 0.3 is 0 Å². The molecule has 0 radical (unpaired) electrons. The molecule has 0 aromatic heterocycles. The fourth-order valence-electron chi connectivity index (χ4n) is 1.44. The third kappa shape index (κ3) is 1.44. The number of ketones is 1. The van der Waals surface area contributed by atoms with Gasteiger partial charge in [-0.25, -0.2) is 0 Å². The SMILES string of the molecule is Cc1ccc2c(c1)C(=O)C(=CO)CS2. The smallest absolute Gasteiger partial charge is 0.194 e. The van der Waals surface area contributed by atoms with E-state index in [0.29, 0.717) is 16.9 Å². The number of aliphatic hydroxyl groups excluding tert-OH is 1. The van der Waals surface area contributed by atoms with Gasteiger partial charge in [-0.05, 0) is 19.1 Å². The van der Waals surface area contributed by atoms with Crippen LogP contribution in [-0.2, 0) is 0 Å². The monoisotopic (exact) mass is 206 g/mol. The van der Waals surface area contributed by atoms with E-state index in [1.165, 1.54) is 0 Å². The van der Waals surface area contributed by atoms with Crippen LogP contribution in [0.3, 0.4) is 0 Å². The van der Waals surface area contributed by atoms with E-state index in [0.717, 1.165) is 16.7 Å². The van der Waals surface area contributed by atoms with Crippen LogP contribution in [-0.4, -0.2) is 16.6 Å². The maximum absolute atomic E-state index is 11.8. The standard InChI is InChI=1S/C11H10O2S/c1-7-2-3-10-9(4-7)11(13)8(5-12)6-14-10/h2-5,12H,6H2,1H3. The Morgan fingerprint density at radius 3 is 3.00 bits per heavy atom. The van der Waals surface area contributed by atoms with E-state index in [1.807, 2.05) is 25.1 Å². The first-order chi connectivity index (χ1) is 6.72. The average molecular weight is 206 g/mol. The van der Waals surface area contributed by atoms with Crippen LogP contribution >= 0.6 is 11.8 Å². The average Bonchev–Trinajstić information content (AvgIpc) is 2.20. The van der Waals surface area contributed by atoms with E-state index < -0.39 is 0 Å². The van der Waals surface area contributed by atoms with Gasteiger partial charge in [-0.2, -0.15) is 0 Å². The molecule has 2 nitrogen and oxygen atoms in total. The highest BCUT2D eigenvalue weighted by molar-refractivity contribution is 7.99. The van der Waals surface area contributed by atoms with Crippen LogP contribution in [0.4, 0.5) is 0 Å². The predicted octanol–water partition coefficient (Wildman–Crippen LogP) is 2.73. The van der Waals surface area contributed by atoms with Crippen LogP contribution in [0.2, 0.25) is 0 Å². The second kappa shape index (κ2) is 3.50. The molecule has 0 amide bonds. The van der Waals surface area contributed by atoms with Crippen LogP contribution in [0.25, 0.3) is 0 Å². The minimum absolute atomic E-state index is 0.0510. The summed E-state index contributed by atoms with van der Waals surface area (Å²) in [6.07, 6.45) is 0.917. The summed E-state index contributed by atoms with van der Waals surface area (Å²) in [4.78, 5) is 12.8. The molecule has 1 N–H and O–H groups in total. The number of aliphatic hydroxyl groups is 1. The lowest BCUT2D eigenvalue weighted by atomic mass is 10.0. The Bertz CT molecular complexity index is 421. The van der Waals surface area contributed by atoms with Crippen molar-refractivity contribution >= 4 is 17.5 Å². The van der Waals surface area contributed by atoms with Crippen molar-refractivity contribution in [2.24, 2.45) is 0 Å². The number of carbonyl (C=O) groups is 1. The minimum Gasteiger partial charge on any atom is -0.515 e. The lowest BCUT2D eigenvalue weighted by Crippen LogP contribution is -2.12. The molecule has 0 aliphatic carbocycles. The molecule has 1 aromatic rings. The van der Waals surface area contributed by atoms with E-state index in [9.17, 15) is 4.79 Å². The summed E-state index contributed by atoms with van der Waals surface area (Å²) >= 11 is 1.58. The molecule has 3 heteroatoms. The molecule has 0 saturated heterocycles. The highest BCUT2D eigenvalue weighted by atomic mass is 32.2. The number of Topliss-reactive ketones (excluding diaryl/α,β-unsaturated/α-hetero) is 1. The molecule has 1 heterocycles. The van der Waals surface area contributed by atoms with E-state index in [4.69, 9.17) is 5.11 Å². The van der Waals surface area contributed by atoms with Gasteiger partial charge in [-0.1, -0.05) is 11.6 Å². The van der Waals surface area contributed by atoms with Crippen LogP contribution in [0.15, 0.2) is 34.9 Å². The molecule has 1 aliphatic heterocycles. The van der Waals surface area contributed by atoms with E-state index in [2.05, 4.69) is 0 Å². The van der Waals surface area contributed by atoms with Gasteiger partial charge in [-0.15, -0.1) is 11.8 Å². The highest BCUT2D eigenvalue weighted by Crippen LogP contribution is 2.32. The van der Waals surface area contributed by atoms with Crippen molar-refractivity contribution in [3.05, 3.63) is 41.2 Å². The molecular weight excluding hydrogens is 196 g/mol. The lowest BCUT2D eigenvalue weighted by Gasteiger charge is -2.16. The number of rotatable bonds is 0. The zero-order valence-electron chi connectivity index (χ0n) is 7.78. The van der Waals surface area contributed by atoms with E-state index in [-0.39, 0.29) is 5.78 Å². The molecule has 0 spiro atoms. The van der Waals surface area contributed by atoms with Crippen molar-refractivity contribution in [2.45, 2.75) is 11.8 Å². The zero-order chi connectivity index (χ0) is 10.1. The fraction of sp³-hybridized carbons (Fsp3) is 0.182. The summed E-state index contributed by atoms with van der Waals surface area (Å²) < 4.78 is 0. The van der Waals surface area contributed by atoms with Gasteiger partial charge in [0.1, 0.15) is 0 Å². The normalized spacial score (nSPS) is 18.4. The maximum Gasteiger partial charge on any atom is 0.194 e. The molecule has 0 bridgehead atoms. The van der Waals surface area contributed by atoms with Crippen LogP contribution < -0.4 is 0 Å². The fourth-order valence-corrected chi connectivity index (χ4v) is 2.43. The second-order valence-corrected chi connectivity index (χ2v) is 4.29. The molecule has 0 atom stereocenters. The third-order valence-corrected chi connectivity index (χ3v) is 3.33. The van der Waals surface area contributed by atoms with Crippen molar-refractivity contribution in [3.8, 4) is 0 Å². The van der Waals surface area contributed by atoms with Gasteiger partial charge in [0.2, 0.25) is 0 Å². The van der Waals surface area contributed by atoms with Gasteiger partial charge in [0, 0.05) is 21.8 Å². The Balaban J connectivity index is 2.54. The van der Waals surface area contributed by atoms with Crippen molar-refractivity contribution in [1.82, 2.24) is 0 Å². The Morgan fingerprint density at radius 1 is 1.50 bits per heavy atom. The van der Waals surface area contributed by atoms with E-state index in [1.54, 1.807) is 11.8 Å². The van der Waals surface area contributed by atoms with Crippen LogP contribution in [0.5, 0.6) is 0 Å². The Morgan fingerprint density at radius 2 is 2.29 bits per heavy atom. The topological polar surface area (TPSA) is 37.3 Å². The van der Waals surface area contributed by atoms with Gasteiger partial charge in [0.05, 0.1) is 6.26 Å². The van der Waals surface area contributed by atoms with Crippen molar-refractivity contribution in [1.29, 1.82) is 0 Å². The van der Waals surface area contributed by atoms with Crippen molar-refractivity contribution < 1.29 is 9.90 Å². The first kappa shape index (κ1) is 9.34. The first-order valence-electron chi connectivity index (χ1n) is 4.34. The highest BCUT2D eigenvalue weighted by Gasteiger charge is 2.22. The van der Waals surface area contributed by atoms with Crippen molar-refractivity contribution in [3.63, 3.8) is 0 Å². The summed E-state index contributed by atoms with van der Waals surface area (Å²) in [6, 6.07) is 5.82. The largest absolute Gasteiger partial charge is 0.515 e. The Hall–Kier alpha value is -1.22. The number of carbonyl (C=O) groups excluding carboxylic acids is 1. The summed E-state index contributed by atoms with van der Waals surface area (Å²) in [5, 5.41) is 8.86. The molecule has 72 valence electrons. The molecule has 1 aromatic carbocycles. The summed E-state index contributed by atoms with van der Waals surface area (Å²) in [7, 11) is 0. The van der Waals surface area contributed by atoms with Gasteiger partial charge in [0.25, 0.3) is 0 Å². The second-order valence-electron chi connectivity index (χ2n) is 3.27. The molecular formula is C11H10O2S. The third-order valence-electron chi connectivity index (χ3n) is 2.21. The van der Waals surface area contributed by atoms with E-state index >= 15 is 0 Å². The number of hydrogen-bond acceptors (Lipinski definition) is 3. The quantitative estimate of drug-likeness (QED) is 0.524. The number of hydrogen-bond donors (Lipinski definition) is 1. The summed E-state index contributed by atoms with van der Waals surface area (Å²) in [5.74, 6) is 0.510. The van der Waals surface area contributed by atoms with Crippen LogP contribution in [0, 0.1) is 6.92 Å². The Kier molecular flexibility index (Phi) is 2.33. The van der Waals surface area contributed by atoms with Crippen molar-refractivity contribution in [2.75, 3.05) is 5.75 Å². The molecule has 0 unspecified atom stereocenters. The van der Waals surface area contributed by atoms with Gasteiger partial charge in [0.15, 0.2) is 5.78 Å². The van der Waals surface area contributed by atoms with Gasteiger partial charge in [-0.3, -0.25) is 4.79 Å².